The molecule has 0 aliphatic rings. The second kappa shape index (κ2) is 12.2. The molecule has 1 unspecified atom stereocenters. The molecule has 0 saturated carbocycles. The van der Waals surface area contributed by atoms with E-state index in [2.05, 4.69) is 29.5 Å². The molecule has 1 atom stereocenters. The molecule has 0 fully saturated rings. The van der Waals surface area contributed by atoms with Crippen molar-refractivity contribution in [2.24, 2.45) is 5.92 Å². The second-order valence-electron chi connectivity index (χ2n) is 7.51. The zero-order valence-corrected chi connectivity index (χ0v) is 18.9. The van der Waals surface area contributed by atoms with Crippen LogP contribution in [-0.2, 0) is 22.6 Å². The van der Waals surface area contributed by atoms with Crippen molar-refractivity contribution < 1.29 is 19.1 Å². The van der Waals surface area contributed by atoms with E-state index in [9.17, 15) is 9.59 Å². The van der Waals surface area contributed by atoms with E-state index in [4.69, 9.17) is 9.47 Å². The third kappa shape index (κ3) is 8.82. The number of thiazole rings is 1. The molecule has 2 rings (SSSR count). The Kier molecular flexibility index (Phi) is 9.60. The van der Waals surface area contributed by atoms with Crippen molar-refractivity contribution in [2.75, 3.05) is 13.2 Å². The Hall–Kier alpha value is -2.61. The molecule has 1 aromatic heterocycles. The minimum atomic E-state index is -0.463. The largest absolute Gasteiger partial charge is 0.486 e. The highest BCUT2D eigenvalue weighted by Gasteiger charge is 2.16. The zero-order chi connectivity index (χ0) is 21.9. The lowest BCUT2D eigenvalue weighted by atomic mass is 10.0. The van der Waals surface area contributed by atoms with Gasteiger partial charge in [0.2, 0.25) is 5.91 Å². The van der Waals surface area contributed by atoms with Crippen molar-refractivity contribution in [1.29, 1.82) is 0 Å². The average molecular weight is 434 g/mol. The Bertz CT molecular complexity index is 805. The Balaban J connectivity index is 1.79. The highest BCUT2D eigenvalue weighted by Crippen LogP contribution is 2.16. The second-order valence-corrected chi connectivity index (χ2v) is 8.45. The number of benzene rings is 1. The summed E-state index contributed by atoms with van der Waals surface area (Å²) in [4.78, 5) is 28.5. The van der Waals surface area contributed by atoms with Crippen LogP contribution in [0, 0.1) is 12.8 Å². The third-order valence-electron chi connectivity index (χ3n) is 4.22. The molecule has 0 radical (unpaired) electrons. The van der Waals surface area contributed by atoms with Gasteiger partial charge in [-0.05, 0) is 38.3 Å². The molecule has 7 nitrogen and oxygen atoms in total. The van der Waals surface area contributed by atoms with E-state index < -0.39 is 6.09 Å². The number of hydrogen-bond acceptors (Lipinski definition) is 6. The summed E-state index contributed by atoms with van der Waals surface area (Å²) < 4.78 is 10.7. The van der Waals surface area contributed by atoms with Crippen LogP contribution in [-0.4, -0.2) is 36.2 Å². The van der Waals surface area contributed by atoms with Gasteiger partial charge in [0, 0.05) is 18.0 Å². The fourth-order valence-electron chi connectivity index (χ4n) is 2.84. The van der Waals surface area contributed by atoms with Crippen molar-refractivity contribution >= 4 is 23.3 Å². The van der Waals surface area contributed by atoms with Crippen molar-refractivity contribution in [1.82, 2.24) is 15.6 Å². The van der Waals surface area contributed by atoms with Gasteiger partial charge in [0.05, 0.1) is 18.7 Å². The van der Waals surface area contributed by atoms with E-state index in [-0.39, 0.29) is 18.4 Å². The molecular weight excluding hydrogens is 402 g/mol. The van der Waals surface area contributed by atoms with Gasteiger partial charge >= 0.3 is 6.09 Å². The number of aryl methyl sites for hydroxylation is 1. The van der Waals surface area contributed by atoms with Gasteiger partial charge in [-0.3, -0.25) is 4.79 Å². The fourth-order valence-corrected chi connectivity index (χ4v) is 3.55. The highest BCUT2D eigenvalue weighted by molar-refractivity contribution is 7.09. The summed E-state index contributed by atoms with van der Waals surface area (Å²) in [5.41, 5.74) is 1.89. The summed E-state index contributed by atoms with van der Waals surface area (Å²) in [6.45, 7) is 8.95. The number of rotatable bonds is 11. The molecule has 30 heavy (non-hydrogen) atoms. The van der Waals surface area contributed by atoms with Crippen LogP contribution in [0.4, 0.5) is 4.79 Å². The quantitative estimate of drug-likeness (QED) is 0.562. The predicted octanol–water partition coefficient (Wildman–Crippen LogP) is 3.85. The number of amides is 2. The van der Waals surface area contributed by atoms with E-state index in [0.29, 0.717) is 31.4 Å². The van der Waals surface area contributed by atoms with Gasteiger partial charge in [0.25, 0.3) is 0 Å². The summed E-state index contributed by atoms with van der Waals surface area (Å²) >= 11 is 1.47. The maximum Gasteiger partial charge on any atom is 0.407 e. The topological polar surface area (TPSA) is 89.6 Å². The molecule has 2 amide bonds. The summed E-state index contributed by atoms with van der Waals surface area (Å²) in [6.07, 6.45) is 0.473. The number of hydrogen-bond donors (Lipinski definition) is 2. The molecule has 0 saturated heterocycles. The summed E-state index contributed by atoms with van der Waals surface area (Å²) in [5, 5.41) is 8.37. The van der Waals surface area contributed by atoms with Gasteiger partial charge in [-0.2, -0.15) is 0 Å². The molecule has 2 N–H and O–H groups in total. The molecule has 1 aromatic carbocycles. The lowest BCUT2D eigenvalue weighted by Crippen LogP contribution is -2.44. The Labute approximate surface area is 182 Å². The number of ether oxygens (including phenoxy) is 2. The number of alkyl carbamates (subject to hydrolysis) is 1. The van der Waals surface area contributed by atoms with Crippen LogP contribution >= 0.6 is 11.3 Å². The monoisotopic (exact) mass is 433 g/mol. The summed E-state index contributed by atoms with van der Waals surface area (Å²) in [7, 11) is 0. The minimum absolute atomic E-state index is 0.134. The zero-order valence-electron chi connectivity index (χ0n) is 18.1. The third-order valence-corrected chi connectivity index (χ3v) is 5.09. The highest BCUT2D eigenvalue weighted by atomic mass is 32.1. The minimum Gasteiger partial charge on any atom is -0.486 e. The lowest BCUT2D eigenvalue weighted by Gasteiger charge is -2.20. The molecule has 0 bridgehead atoms. The van der Waals surface area contributed by atoms with E-state index in [1.54, 1.807) is 6.92 Å². The van der Waals surface area contributed by atoms with Crippen LogP contribution in [0.1, 0.15) is 43.5 Å². The smallest absolute Gasteiger partial charge is 0.407 e. The van der Waals surface area contributed by atoms with Gasteiger partial charge in [0.15, 0.2) is 0 Å². The van der Waals surface area contributed by atoms with Crippen LogP contribution in [0.15, 0.2) is 29.6 Å². The molecule has 164 valence electrons. The van der Waals surface area contributed by atoms with Crippen LogP contribution < -0.4 is 15.4 Å². The molecule has 0 aliphatic heterocycles. The summed E-state index contributed by atoms with van der Waals surface area (Å²) in [5.74, 6) is 1.04. The first-order valence-corrected chi connectivity index (χ1v) is 11.1. The van der Waals surface area contributed by atoms with Crippen molar-refractivity contribution in [3.63, 3.8) is 0 Å². The number of nitrogens with zero attached hydrogens (tertiary/aromatic N) is 1. The average Bonchev–Trinajstić information content (AvgIpc) is 3.12. The standard InChI is InChI=1S/C22H31N3O4S/c1-5-28-22(27)25-17(10-15(2)3)12-23-20(26)11-18-14-30-21(24-18)13-29-19-8-6-16(4)7-9-19/h6-9,14-15,17H,5,10-13H2,1-4H3,(H,23,26)(H,25,27). The number of nitrogens with one attached hydrogen (secondary N) is 2. The van der Waals surface area contributed by atoms with Gasteiger partial charge in [-0.25, -0.2) is 9.78 Å². The first kappa shape index (κ1) is 23.7. The Morgan fingerprint density at radius 2 is 1.93 bits per heavy atom. The van der Waals surface area contributed by atoms with E-state index in [1.165, 1.54) is 16.9 Å². The number of carbonyl (C=O) groups excluding carboxylic acids is 2. The van der Waals surface area contributed by atoms with Crippen LogP contribution in [0.25, 0.3) is 0 Å². The van der Waals surface area contributed by atoms with E-state index >= 15 is 0 Å². The Morgan fingerprint density at radius 3 is 2.60 bits per heavy atom. The molecule has 0 aliphatic carbocycles. The first-order valence-electron chi connectivity index (χ1n) is 10.2. The first-order chi connectivity index (χ1) is 14.4. The van der Waals surface area contributed by atoms with Crippen molar-refractivity contribution in [3.8, 4) is 5.75 Å². The maximum atomic E-state index is 12.3. The van der Waals surface area contributed by atoms with Gasteiger partial charge in [-0.1, -0.05) is 31.5 Å². The normalized spacial score (nSPS) is 11.8. The van der Waals surface area contributed by atoms with E-state index in [1.807, 2.05) is 36.6 Å². The predicted molar refractivity (Wildman–Crippen MR) is 118 cm³/mol. The lowest BCUT2D eigenvalue weighted by molar-refractivity contribution is -0.120. The fraction of sp³-hybridized carbons (Fsp3) is 0.500. The van der Waals surface area contributed by atoms with Crippen molar-refractivity contribution in [3.05, 3.63) is 45.9 Å². The SMILES string of the molecule is CCOC(=O)NC(CNC(=O)Cc1csc(COc2ccc(C)cc2)n1)CC(C)C. The number of carbonyl (C=O) groups is 2. The Morgan fingerprint density at radius 1 is 1.20 bits per heavy atom. The number of aromatic nitrogens is 1. The van der Waals surface area contributed by atoms with E-state index in [0.717, 1.165) is 17.2 Å². The van der Waals surface area contributed by atoms with Gasteiger partial charge < -0.3 is 20.1 Å². The van der Waals surface area contributed by atoms with Gasteiger partial charge in [0.1, 0.15) is 17.4 Å². The van der Waals surface area contributed by atoms with Gasteiger partial charge in [-0.15, -0.1) is 11.3 Å². The van der Waals surface area contributed by atoms with Crippen molar-refractivity contribution in [2.45, 2.75) is 53.2 Å². The molecular formula is C22H31N3O4S. The molecule has 8 heteroatoms. The van der Waals surface area contributed by atoms with Crippen LogP contribution in [0.5, 0.6) is 5.75 Å². The molecule has 1 heterocycles. The summed E-state index contributed by atoms with van der Waals surface area (Å²) in [6, 6.07) is 7.67. The molecule has 0 spiro atoms. The van der Waals surface area contributed by atoms with Crippen LogP contribution in [0.3, 0.4) is 0 Å². The van der Waals surface area contributed by atoms with Crippen LogP contribution in [0.2, 0.25) is 0 Å². The molecule has 2 aromatic rings. The maximum absolute atomic E-state index is 12.3.